The Morgan fingerprint density at radius 1 is 0.360 bits per heavy atom. The largest absolute Gasteiger partial charge is 0.394 e. The van der Waals surface area contributed by atoms with Gasteiger partial charge in [0.25, 0.3) is 0 Å². The summed E-state index contributed by atoms with van der Waals surface area (Å²) in [6.45, 7) is 1.86. The lowest BCUT2D eigenvalue weighted by Crippen LogP contribution is -2.66. The van der Waals surface area contributed by atoms with Crippen LogP contribution < -0.4 is 5.32 Å². The molecule has 0 spiro atoms. The number of hydrogen-bond donors (Lipinski definition) is 12. The first-order chi connectivity index (χ1) is 43.3. The summed E-state index contributed by atoms with van der Waals surface area (Å²) in [5.74, 6) is -0.234. The summed E-state index contributed by atoms with van der Waals surface area (Å²) in [4.78, 5) is 13.4. The van der Waals surface area contributed by atoms with Crippen molar-refractivity contribution in [2.45, 2.75) is 413 Å². The molecule has 0 saturated carbocycles. The lowest BCUT2D eigenvalue weighted by atomic mass is 9.96. The van der Waals surface area contributed by atoms with Crippen LogP contribution in [0.4, 0.5) is 0 Å². The predicted octanol–water partition coefficient (Wildman–Crippen LogP) is 10.3. The van der Waals surface area contributed by atoms with Gasteiger partial charge in [-0.15, -0.1) is 0 Å². The van der Waals surface area contributed by atoms with E-state index in [1.165, 1.54) is 231 Å². The Morgan fingerprint density at radius 3 is 0.978 bits per heavy atom. The van der Waals surface area contributed by atoms with Gasteiger partial charge in [-0.3, -0.25) is 4.79 Å². The van der Waals surface area contributed by atoms with E-state index in [9.17, 15) is 61.0 Å². The predicted molar refractivity (Wildman–Crippen MR) is 347 cm³/mol. The maximum atomic E-state index is 13.4. The second-order valence-corrected chi connectivity index (χ2v) is 26.8. The number of aliphatic hydroxyl groups is 11. The minimum absolute atomic E-state index is 0.234. The van der Waals surface area contributed by atoms with Crippen LogP contribution in [0.1, 0.15) is 309 Å². The Hall–Kier alpha value is -1.21. The van der Waals surface area contributed by atoms with Crippen LogP contribution in [0.5, 0.6) is 0 Å². The molecule has 17 atom stereocenters. The monoisotopic (exact) mass is 1280 g/mol. The van der Waals surface area contributed by atoms with E-state index in [4.69, 9.17) is 28.4 Å². The highest BCUT2D eigenvalue weighted by Crippen LogP contribution is 2.33. The molecule has 12 N–H and O–H groups in total. The number of hydrogen-bond acceptors (Lipinski definition) is 18. The van der Waals surface area contributed by atoms with Crippen molar-refractivity contribution in [3.63, 3.8) is 0 Å². The van der Waals surface area contributed by atoms with Gasteiger partial charge in [-0.25, -0.2) is 0 Å². The Kier molecular flexibility index (Phi) is 48.8. The van der Waals surface area contributed by atoms with Crippen molar-refractivity contribution in [2.24, 2.45) is 0 Å². The molecule has 3 aliphatic rings. The van der Waals surface area contributed by atoms with Crippen molar-refractivity contribution in [1.29, 1.82) is 0 Å². The molecular formula is C70H135NO18. The molecule has 19 heteroatoms. The van der Waals surface area contributed by atoms with Crippen molar-refractivity contribution in [3.8, 4) is 0 Å². The molecule has 0 aromatic carbocycles. The molecule has 3 fully saturated rings. The van der Waals surface area contributed by atoms with E-state index in [2.05, 4.69) is 19.2 Å². The van der Waals surface area contributed by atoms with Crippen LogP contribution in [0.3, 0.4) is 0 Å². The standard InChI is InChI=1S/C70H135NO18/c1-3-5-7-9-11-13-15-17-19-21-23-25-26-28-29-31-33-35-37-39-41-43-45-47-54(75)53(71-58(76)48-46-44-42-40-38-36-34-32-30-27-24-22-20-18-16-14-12-10-8-6-4-2)52-84-68-64(82)61(79)66(56(50-73)86-68)89-70-65(83)62(80)67(57(51-74)87-70)88-69-63(81)60(78)59(77)55(49-72)85-69/h53-57,59-70,72-75,77-83H,3-52H2,1-2H3,(H,71,76). The molecule has 0 radical (unpaired) electrons. The van der Waals surface area contributed by atoms with Gasteiger partial charge in [0.2, 0.25) is 5.91 Å². The Labute approximate surface area is 538 Å². The number of carbonyl (C=O) groups is 1. The van der Waals surface area contributed by atoms with Crippen molar-refractivity contribution in [1.82, 2.24) is 5.32 Å². The lowest BCUT2D eigenvalue weighted by Gasteiger charge is -2.48. The number of nitrogens with one attached hydrogen (secondary N) is 1. The SMILES string of the molecule is CCCCCCCCCCCCCCCCCCCCCCCCCC(O)C(COC1OC(CO)C(OC2OC(CO)C(OC3OC(CO)C(O)C(O)C3O)C(O)C2O)C(O)C1O)NC(=O)CCCCCCCCCCCCCCCCCCCCCCC. The number of ether oxygens (including phenoxy) is 6. The third-order valence-electron chi connectivity index (χ3n) is 18.9. The van der Waals surface area contributed by atoms with E-state index in [-0.39, 0.29) is 18.9 Å². The topological polar surface area (TPSA) is 307 Å². The van der Waals surface area contributed by atoms with Gasteiger partial charge >= 0.3 is 0 Å². The van der Waals surface area contributed by atoms with Gasteiger partial charge < -0.3 is 89.9 Å². The molecule has 3 saturated heterocycles. The van der Waals surface area contributed by atoms with Crippen LogP contribution in [0.2, 0.25) is 0 Å². The van der Waals surface area contributed by atoms with E-state index < -0.39 is 124 Å². The highest BCUT2D eigenvalue weighted by atomic mass is 16.8. The zero-order valence-corrected chi connectivity index (χ0v) is 55.9. The van der Waals surface area contributed by atoms with E-state index in [1.54, 1.807) is 0 Å². The first kappa shape index (κ1) is 82.0. The normalized spacial score (nSPS) is 28.1. The maximum absolute atomic E-state index is 13.4. The number of rotatable bonds is 58. The van der Waals surface area contributed by atoms with Gasteiger partial charge in [0.05, 0.1) is 38.6 Å². The fourth-order valence-electron chi connectivity index (χ4n) is 13.0. The molecule has 1 amide bonds. The van der Waals surface area contributed by atoms with Gasteiger partial charge in [0, 0.05) is 6.42 Å². The number of unbranched alkanes of at least 4 members (excludes halogenated alkanes) is 42. The van der Waals surface area contributed by atoms with Crippen LogP contribution in [0.15, 0.2) is 0 Å². The van der Waals surface area contributed by atoms with E-state index >= 15 is 0 Å². The molecule has 17 unspecified atom stereocenters. The zero-order valence-electron chi connectivity index (χ0n) is 55.9. The van der Waals surface area contributed by atoms with Gasteiger partial charge in [-0.1, -0.05) is 290 Å². The molecule has 3 aliphatic heterocycles. The van der Waals surface area contributed by atoms with Crippen molar-refractivity contribution < 1.29 is 89.4 Å². The Morgan fingerprint density at radius 2 is 0.640 bits per heavy atom. The van der Waals surface area contributed by atoms with Gasteiger partial charge in [0.15, 0.2) is 18.9 Å². The summed E-state index contributed by atoms with van der Waals surface area (Å²) >= 11 is 0. The summed E-state index contributed by atoms with van der Waals surface area (Å²) in [5, 5.41) is 121. The average Bonchev–Trinajstić information content (AvgIpc) is 1.97. The van der Waals surface area contributed by atoms with Crippen LogP contribution in [-0.4, -0.2) is 193 Å². The molecule has 89 heavy (non-hydrogen) atoms. The molecule has 3 rings (SSSR count). The van der Waals surface area contributed by atoms with Crippen LogP contribution in [0.25, 0.3) is 0 Å². The van der Waals surface area contributed by atoms with Gasteiger partial charge in [-0.2, -0.15) is 0 Å². The highest BCUT2D eigenvalue weighted by molar-refractivity contribution is 5.76. The van der Waals surface area contributed by atoms with Crippen LogP contribution in [0, 0.1) is 0 Å². The fraction of sp³-hybridized carbons (Fsp3) is 0.986. The molecular weight excluding hydrogens is 1140 g/mol. The molecule has 3 heterocycles. The fourth-order valence-corrected chi connectivity index (χ4v) is 13.0. The number of amides is 1. The second-order valence-electron chi connectivity index (χ2n) is 26.8. The molecule has 0 aromatic rings. The smallest absolute Gasteiger partial charge is 0.220 e. The first-order valence-corrected chi connectivity index (χ1v) is 36.8. The Bertz CT molecular complexity index is 1620. The second kappa shape index (κ2) is 53.0. The summed E-state index contributed by atoms with van der Waals surface area (Å²) in [6.07, 6.45) is 30.3. The molecule has 0 bridgehead atoms. The number of aliphatic hydroxyl groups excluding tert-OH is 11. The molecule has 19 nitrogen and oxygen atoms in total. The minimum Gasteiger partial charge on any atom is -0.394 e. The van der Waals surface area contributed by atoms with E-state index in [1.807, 2.05) is 0 Å². The summed E-state index contributed by atoms with van der Waals surface area (Å²) in [5.41, 5.74) is 0. The van der Waals surface area contributed by atoms with Crippen molar-refractivity contribution in [3.05, 3.63) is 0 Å². The number of carbonyl (C=O) groups excluding carboxylic acids is 1. The average molecular weight is 1280 g/mol. The van der Waals surface area contributed by atoms with Crippen molar-refractivity contribution in [2.75, 3.05) is 26.4 Å². The quantitative estimate of drug-likeness (QED) is 0.0252. The molecule has 528 valence electrons. The zero-order chi connectivity index (χ0) is 64.7. The highest BCUT2D eigenvalue weighted by Gasteiger charge is 2.53. The van der Waals surface area contributed by atoms with Gasteiger partial charge in [-0.05, 0) is 12.8 Å². The first-order valence-electron chi connectivity index (χ1n) is 36.8. The molecule has 0 aromatic heterocycles. The lowest BCUT2D eigenvalue weighted by molar-refractivity contribution is -0.379. The van der Waals surface area contributed by atoms with Crippen LogP contribution in [-0.2, 0) is 33.2 Å². The Balaban J connectivity index is 1.41. The third kappa shape index (κ3) is 34.9. The maximum Gasteiger partial charge on any atom is 0.220 e. The van der Waals surface area contributed by atoms with E-state index in [0.29, 0.717) is 12.8 Å². The summed E-state index contributed by atoms with van der Waals surface area (Å²) in [6, 6.07) is -0.882. The minimum atomic E-state index is -1.97. The van der Waals surface area contributed by atoms with Crippen LogP contribution >= 0.6 is 0 Å². The van der Waals surface area contributed by atoms with Crippen molar-refractivity contribution >= 4 is 5.91 Å². The summed E-state index contributed by atoms with van der Waals surface area (Å²) < 4.78 is 34.5. The third-order valence-corrected chi connectivity index (χ3v) is 18.9. The van der Waals surface area contributed by atoms with Gasteiger partial charge in [0.1, 0.15) is 73.2 Å². The summed E-state index contributed by atoms with van der Waals surface area (Å²) in [7, 11) is 0. The molecule has 0 aliphatic carbocycles. The van der Waals surface area contributed by atoms with E-state index in [0.717, 1.165) is 44.9 Å².